The van der Waals surface area contributed by atoms with E-state index in [4.69, 9.17) is 15.9 Å². The summed E-state index contributed by atoms with van der Waals surface area (Å²) < 4.78 is 11.5. The Balaban J connectivity index is 1.47. The van der Waals surface area contributed by atoms with E-state index in [1.165, 1.54) is 16.7 Å². The molecule has 0 amide bonds. The van der Waals surface area contributed by atoms with Crippen LogP contribution in [0.3, 0.4) is 0 Å². The summed E-state index contributed by atoms with van der Waals surface area (Å²) in [4.78, 5) is 11.5. The van der Waals surface area contributed by atoms with Crippen molar-refractivity contribution < 1.29 is 19.4 Å². The van der Waals surface area contributed by atoms with E-state index in [1.807, 2.05) is 30.4 Å². The molecule has 0 fully saturated rings. The van der Waals surface area contributed by atoms with Crippen molar-refractivity contribution in [3.05, 3.63) is 84.1 Å². The van der Waals surface area contributed by atoms with Gasteiger partial charge in [-0.05, 0) is 41.7 Å². The summed E-state index contributed by atoms with van der Waals surface area (Å²) in [7, 11) is 0. The molecule has 4 nitrogen and oxygen atoms in total. The number of allylic oxidation sites excluding steroid dienone is 1. The molecule has 154 valence electrons. The number of aliphatic carboxylic acids is 1. The highest BCUT2D eigenvalue weighted by molar-refractivity contribution is 5.81. The SMILES string of the molecule is C#C[C@](CC)(OC1C=CC(OCCc2ccc(-c3ccccc3)cc2)=CC1)C(=O)O. The van der Waals surface area contributed by atoms with Crippen LogP contribution in [0, 0.1) is 12.3 Å². The summed E-state index contributed by atoms with van der Waals surface area (Å²) in [5.74, 6) is 1.91. The lowest BCUT2D eigenvalue weighted by Gasteiger charge is -2.28. The number of benzene rings is 2. The first-order valence-corrected chi connectivity index (χ1v) is 10.1. The fourth-order valence-electron chi connectivity index (χ4n) is 3.30. The number of terminal acetylenes is 1. The van der Waals surface area contributed by atoms with Crippen LogP contribution in [0.2, 0.25) is 0 Å². The topological polar surface area (TPSA) is 55.8 Å². The molecule has 4 heteroatoms. The van der Waals surface area contributed by atoms with Crippen LogP contribution in [-0.4, -0.2) is 29.4 Å². The number of hydrogen-bond donors (Lipinski definition) is 1. The largest absolute Gasteiger partial charge is 0.494 e. The number of carboxylic acid groups (broad SMARTS) is 1. The molecule has 0 aliphatic heterocycles. The number of carbonyl (C=O) groups is 1. The van der Waals surface area contributed by atoms with Crippen LogP contribution in [0.25, 0.3) is 11.1 Å². The van der Waals surface area contributed by atoms with Crippen molar-refractivity contribution in [1.29, 1.82) is 0 Å². The first kappa shape index (κ1) is 21.4. The zero-order chi connectivity index (χ0) is 21.4. The molecular weight excluding hydrogens is 376 g/mol. The van der Waals surface area contributed by atoms with Crippen molar-refractivity contribution in [3.8, 4) is 23.5 Å². The van der Waals surface area contributed by atoms with E-state index in [2.05, 4.69) is 42.3 Å². The van der Waals surface area contributed by atoms with Crippen molar-refractivity contribution in [3.63, 3.8) is 0 Å². The van der Waals surface area contributed by atoms with Gasteiger partial charge in [0.2, 0.25) is 5.60 Å². The third-order valence-electron chi connectivity index (χ3n) is 5.18. The van der Waals surface area contributed by atoms with E-state index in [0.29, 0.717) is 13.0 Å². The molecule has 1 aliphatic rings. The molecule has 30 heavy (non-hydrogen) atoms. The fraction of sp³-hybridized carbons (Fsp3) is 0.269. The second-order valence-corrected chi connectivity index (χ2v) is 7.15. The molecule has 0 spiro atoms. The van der Waals surface area contributed by atoms with E-state index in [0.717, 1.165) is 12.2 Å². The van der Waals surface area contributed by atoms with Gasteiger partial charge in [-0.3, -0.25) is 0 Å². The Hall–Kier alpha value is -3.29. The minimum Gasteiger partial charge on any atom is -0.494 e. The van der Waals surface area contributed by atoms with Crippen LogP contribution >= 0.6 is 0 Å². The summed E-state index contributed by atoms with van der Waals surface area (Å²) in [6.07, 6.45) is 12.1. The van der Waals surface area contributed by atoms with E-state index in [9.17, 15) is 9.90 Å². The molecule has 2 aromatic rings. The van der Waals surface area contributed by atoms with Gasteiger partial charge in [-0.15, -0.1) is 6.42 Å². The molecule has 0 aromatic heterocycles. The van der Waals surface area contributed by atoms with E-state index < -0.39 is 11.6 Å². The van der Waals surface area contributed by atoms with Crippen LogP contribution in [0.1, 0.15) is 25.3 Å². The fourth-order valence-corrected chi connectivity index (χ4v) is 3.30. The quantitative estimate of drug-likeness (QED) is 0.599. The second kappa shape index (κ2) is 9.96. The molecule has 0 heterocycles. The Morgan fingerprint density at radius 1 is 1.17 bits per heavy atom. The molecule has 2 atom stereocenters. The van der Waals surface area contributed by atoms with E-state index in [-0.39, 0.29) is 12.5 Å². The molecule has 0 bridgehead atoms. The minimum atomic E-state index is -1.59. The van der Waals surface area contributed by atoms with E-state index >= 15 is 0 Å². The molecule has 0 saturated heterocycles. The maximum atomic E-state index is 11.5. The van der Waals surface area contributed by atoms with Gasteiger partial charge in [0.25, 0.3) is 0 Å². The molecule has 0 radical (unpaired) electrons. The van der Waals surface area contributed by atoms with Crippen molar-refractivity contribution in [1.82, 2.24) is 0 Å². The zero-order valence-corrected chi connectivity index (χ0v) is 17.1. The van der Waals surface area contributed by atoms with Crippen molar-refractivity contribution >= 4 is 5.97 Å². The van der Waals surface area contributed by atoms with Gasteiger partial charge < -0.3 is 14.6 Å². The lowest BCUT2D eigenvalue weighted by atomic mass is 10.0. The highest BCUT2D eigenvalue weighted by Gasteiger charge is 2.38. The van der Waals surface area contributed by atoms with Gasteiger partial charge >= 0.3 is 5.97 Å². The summed E-state index contributed by atoms with van der Waals surface area (Å²) >= 11 is 0. The third-order valence-corrected chi connectivity index (χ3v) is 5.18. The number of carboxylic acids is 1. The number of hydrogen-bond acceptors (Lipinski definition) is 3. The molecule has 1 aliphatic carbocycles. The highest BCUT2D eigenvalue weighted by atomic mass is 16.5. The molecule has 0 saturated carbocycles. The Bertz CT molecular complexity index is 951. The Morgan fingerprint density at radius 2 is 1.87 bits per heavy atom. The van der Waals surface area contributed by atoms with Crippen molar-refractivity contribution in [2.45, 2.75) is 37.9 Å². The predicted octanol–water partition coefficient (Wildman–Crippen LogP) is 5.01. The smallest absolute Gasteiger partial charge is 0.348 e. The monoisotopic (exact) mass is 402 g/mol. The van der Waals surface area contributed by atoms with Crippen LogP contribution in [0.15, 0.2) is 78.6 Å². The molecule has 3 rings (SSSR count). The average molecular weight is 402 g/mol. The van der Waals surface area contributed by atoms with Crippen molar-refractivity contribution in [2.75, 3.05) is 6.61 Å². The van der Waals surface area contributed by atoms with Gasteiger partial charge in [-0.2, -0.15) is 0 Å². The predicted molar refractivity (Wildman–Crippen MR) is 118 cm³/mol. The van der Waals surface area contributed by atoms with Crippen LogP contribution in [0.4, 0.5) is 0 Å². The van der Waals surface area contributed by atoms with E-state index in [1.54, 1.807) is 13.0 Å². The lowest BCUT2D eigenvalue weighted by Crippen LogP contribution is -2.42. The Morgan fingerprint density at radius 3 is 2.43 bits per heavy atom. The Labute approximate surface area is 177 Å². The van der Waals surface area contributed by atoms with Crippen LogP contribution in [-0.2, 0) is 20.7 Å². The summed E-state index contributed by atoms with van der Waals surface area (Å²) in [6.45, 7) is 2.27. The lowest BCUT2D eigenvalue weighted by molar-refractivity contribution is -0.162. The van der Waals surface area contributed by atoms with Gasteiger partial charge in [0, 0.05) is 6.42 Å². The normalized spacial score (nSPS) is 17.5. The second-order valence-electron chi connectivity index (χ2n) is 7.15. The van der Waals surface area contributed by atoms with Gasteiger partial charge in [-0.1, -0.05) is 73.5 Å². The van der Waals surface area contributed by atoms with Gasteiger partial charge in [-0.25, -0.2) is 4.79 Å². The molecule has 2 aromatic carbocycles. The summed E-state index contributed by atoms with van der Waals surface area (Å²) in [5.41, 5.74) is 2.02. The number of rotatable bonds is 9. The average Bonchev–Trinajstić information content (AvgIpc) is 2.79. The molecular formula is C26H26O4. The Kier molecular flexibility index (Phi) is 7.11. The van der Waals surface area contributed by atoms with Gasteiger partial charge in [0.05, 0.1) is 12.7 Å². The standard InChI is InChI=1S/C26H26O4/c1-3-26(4-2,25(27)28)30-24-16-14-23(15-17-24)29-19-18-20-10-12-22(13-11-20)21-8-6-5-7-9-21/h1,5-16,24H,4,17-19H2,2H3,(H,27,28)/t24?,26-/m1/s1. The summed E-state index contributed by atoms with van der Waals surface area (Å²) in [6, 6.07) is 18.8. The first-order chi connectivity index (χ1) is 14.6. The van der Waals surface area contributed by atoms with Crippen LogP contribution < -0.4 is 0 Å². The summed E-state index contributed by atoms with van der Waals surface area (Å²) in [5, 5.41) is 9.38. The van der Waals surface area contributed by atoms with Gasteiger partial charge in [0.1, 0.15) is 5.76 Å². The first-order valence-electron chi connectivity index (χ1n) is 10.1. The maximum absolute atomic E-state index is 11.5. The van der Waals surface area contributed by atoms with Crippen molar-refractivity contribution in [2.24, 2.45) is 0 Å². The maximum Gasteiger partial charge on any atom is 0.348 e. The number of ether oxygens (including phenoxy) is 2. The molecule has 1 N–H and O–H groups in total. The minimum absolute atomic E-state index is 0.208. The molecule has 1 unspecified atom stereocenters. The highest BCUT2D eigenvalue weighted by Crippen LogP contribution is 2.24. The van der Waals surface area contributed by atoms with Gasteiger partial charge in [0.15, 0.2) is 0 Å². The third kappa shape index (κ3) is 5.20. The zero-order valence-electron chi connectivity index (χ0n) is 17.1. The van der Waals surface area contributed by atoms with Crippen LogP contribution in [0.5, 0.6) is 0 Å².